The zero-order chi connectivity index (χ0) is 22.3. The lowest BCUT2D eigenvalue weighted by Crippen LogP contribution is -2.37. The van der Waals surface area contributed by atoms with Crippen molar-refractivity contribution in [2.75, 3.05) is 0 Å². The van der Waals surface area contributed by atoms with Crippen molar-refractivity contribution in [3.63, 3.8) is 0 Å². The fourth-order valence-electron chi connectivity index (χ4n) is 2.29. The number of hydrogen-bond donors (Lipinski definition) is 3. The molecule has 162 valence electrons. The Hall–Kier alpha value is -3.41. The number of amides is 2. The summed E-state index contributed by atoms with van der Waals surface area (Å²) in [6.45, 7) is -0.0310. The van der Waals surface area contributed by atoms with Crippen molar-refractivity contribution in [2.45, 2.75) is 18.0 Å². The maximum absolute atomic E-state index is 12.2. The van der Waals surface area contributed by atoms with Gasteiger partial charge in [0.25, 0.3) is 0 Å². The number of nitrogens with one attached hydrogen (secondary N) is 3. The highest BCUT2D eigenvalue weighted by molar-refractivity contribution is 7.89. The van der Waals surface area contributed by atoms with Crippen LogP contribution in [0.25, 0.3) is 0 Å². The largest absolute Gasteiger partial charge is 0.467 e. The van der Waals surface area contributed by atoms with Crippen molar-refractivity contribution in [3.8, 4) is 0 Å². The number of furan rings is 2. The van der Waals surface area contributed by atoms with Crippen molar-refractivity contribution in [1.82, 2.24) is 15.5 Å². The van der Waals surface area contributed by atoms with Gasteiger partial charge in [-0.1, -0.05) is 11.6 Å². The smallest absolute Gasteiger partial charge is 0.329 e. The van der Waals surface area contributed by atoms with Crippen molar-refractivity contribution < 1.29 is 26.8 Å². The third-order valence-corrected chi connectivity index (χ3v) is 5.48. The molecule has 3 rings (SSSR count). The molecule has 10 nitrogen and oxygen atoms in total. The Morgan fingerprint density at radius 3 is 2.48 bits per heavy atom. The van der Waals surface area contributed by atoms with Gasteiger partial charge in [0.15, 0.2) is 0 Å². The Morgan fingerprint density at radius 2 is 1.77 bits per heavy atom. The van der Waals surface area contributed by atoms with Gasteiger partial charge in [0, 0.05) is 5.02 Å². The van der Waals surface area contributed by atoms with E-state index in [-0.39, 0.29) is 23.7 Å². The van der Waals surface area contributed by atoms with E-state index in [1.807, 2.05) is 0 Å². The van der Waals surface area contributed by atoms with E-state index in [1.54, 1.807) is 18.2 Å². The molecule has 0 aliphatic rings. The molecular formula is C19H17ClN4O6S. The van der Waals surface area contributed by atoms with Crippen molar-refractivity contribution in [1.29, 1.82) is 0 Å². The van der Waals surface area contributed by atoms with Crippen LogP contribution in [-0.2, 0) is 32.7 Å². The van der Waals surface area contributed by atoms with Crippen LogP contribution in [0.2, 0.25) is 5.02 Å². The van der Waals surface area contributed by atoms with E-state index < -0.39 is 21.8 Å². The fourth-order valence-corrected chi connectivity index (χ4v) is 3.41. The molecule has 0 atom stereocenters. The third-order valence-electron chi connectivity index (χ3n) is 3.81. The van der Waals surface area contributed by atoms with Gasteiger partial charge in [0.1, 0.15) is 17.3 Å². The van der Waals surface area contributed by atoms with Crippen LogP contribution in [0.5, 0.6) is 0 Å². The minimum Gasteiger partial charge on any atom is -0.467 e. The Labute approximate surface area is 182 Å². The molecule has 0 bridgehead atoms. The van der Waals surface area contributed by atoms with E-state index in [9.17, 15) is 18.0 Å². The molecule has 2 heterocycles. The summed E-state index contributed by atoms with van der Waals surface area (Å²) in [5.41, 5.74) is 2.06. The molecule has 0 saturated heterocycles. The molecule has 3 N–H and O–H groups in total. The molecular weight excluding hydrogens is 448 g/mol. The summed E-state index contributed by atoms with van der Waals surface area (Å²) in [4.78, 5) is 23.4. The van der Waals surface area contributed by atoms with Gasteiger partial charge in [-0.05, 0) is 48.5 Å². The molecule has 2 aromatic heterocycles. The van der Waals surface area contributed by atoms with Crippen molar-refractivity contribution in [2.24, 2.45) is 5.10 Å². The molecule has 12 heteroatoms. The van der Waals surface area contributed by atoms with Crippen molar-refractivity contribution >= 4 is 39.7 Å². The number of hydrazone groups is 1. The Balaban J connectivity index is 1.46. The highest BCUT2D eigenvalue weighted by Crippen LogP contribution is 2.14. The number of sulfonamides is 1. The van der Waals surface area contributed by atoms with E-state index in [4.69, 9.17) is 20.4 Å². The number of hydrogen-bond acceptors (Lipinski definition) is 7. The standard InChI is InChI=1S/C19H17ClN4O6S/c20-13-3-7-17(8-4-13)31(27,28)23-12-16-6-5-15(30-16)11-22-24-19(26)18(25)21-10-14-2-1-9-29-14/h1-9,11,23H,10,12H2,(H,21,25)(H,24,26)/b22-11+. The second kappa shape index (κ2) is 10.1. The van der Waals surface area contributed by atoms with E-state index in [1.165, 1.54) is 42.8 Å². The van der Waals surface area contributed by atoms with Gasteiger partial charge < -0.3 is 14.2 Å². The summed E-state index contributed by atoms with van der Waals surface area (Å²) in [5.74, 6) is -0.784. The quantitative estimate of drug-likeness (QED) is 0.263. The first-order valence-electron chi connectivity index (χ1n) is 8.81. The summed E-state index contributed by atoms with van der Waals surface area (Å²) in [6, 6.07) is 12.1. The van der Waals surface area contributed by atoms with Crippen LogP contribution in [0.4, 0.5) is 0 Å². The Kier molecular flexibility index (Phi) is 7.23. The van der Waals surface area contributed by atoms with E-state index >= 15 is 0 Å². The Morgan fingerprint density at radius 1 is 1.00 bits per heavy atom. The predicted molar refractivity (Wildman–Crippen MR) is 110 cm³/mol. The lowest BCUT2D eigenvalue weighted by molar-refractivity contribution is -0.139. The third kappa shape index (κ3) is 6.54. The topological polar surface area (TPSA) is 143 Å². The van der Waals surface area contributed by atoms with Gasteiger partial charge in [-0.25, -0.2) is 18.6 Å². The predicted octanol–water partition coefficient (Wildman–Crippen LogP) is 1.77. The highest BCUT2D eigenvalue weighted by atomic mass is 35.5. The molecule has 0 radical (unpaired) electrons. The van der Waals surface area contributed by atoms with Crippen LogP contribution in [-0.4, -0.2) is 26.4 Å². The van der Waals surface area contributed by atoms with Gasteiger partial charge >= 0.3 is 11.8 Å². The number of carbonyl (C=O) groups excluding carboxylic acids is 2. The first-order valence-corrected chi connectivity index (χ1v) is 10.7. The summed E-state index contributed by atoms with van der Waals surface area (Å²) < 4.78 is 37.3. The average molecular weight is 465 g/mol. The number of benzene rings is 1. The minimum atomic E-state index is -3.74. The maximum atomic E-state index is 12.2. The second-order valence-electron chi connectivity index (χ2n) is 6.04. The number of halogens is 1. The average Bonchev–Trinajstić information content (AvgIpc) is 3.43. The summed E-state index contributed by atoms with van der Waals surface area (Å²) in [6.07, 6.45) is 2.63. The second-order valence-corrected chi connectivity index (χ2v) is 8.25. The zero-order valence-electron chi connectivity index (χ0n) is 15.9. The van der Waals surface area contributed by atoms with Gasteiger partial charge in [0.2, 0.25) is 10.0 Å². The molecule has 0 fully saturated rings. The summed E-state index contributed by atoms with van der Waals surface area (Å²) in [5, 5.41) is 6.43. The van der Waals surface area contributed by atoms with Crippen LogP contribution < -0.4 is 15.5 Å². The van der Waals surface area contributed by atoms with Crippen LogP contribution >= 0.6 is 11.6 Å². The highest BCUT2D eigenvalue weighted by Gasteiger charge is 2.15. The summed E-state index contributed by atoms with van der Waals surface area (Å²) >= 11 is 5.76. The van der Waals surface area contributed by atoms with Gasteiger partial charge in [-0.3, -0.25) is 9.59 Å². The monoisotopic (exact) mass is 464 g/mol. The van der Waals surface area contributed by atoms with Crippen LogP contribution in [0.15, 0.2) is 73.6 Å². The molecule has 0 aliphatic carbocycles. The molecule has 0 spiro atoms. The molecule has 31 heavy (non-hydrogen) atoms. The first-order chi connectivity index (χ1) is 14.8. The van der Waals surface area contributed by atoms with Gasteiger partial charge in [-0.2, -0.15) is 5.10 Å². The molecule has 0 unspecified atom stereocenters. The Bertz CT molecular complexity index is 1170. The lowest BCUT2D eigenvalue weighted by atomic mass is 10.4. The molecule has 1 aromatic carbocycles. The summed E-state index contributed by atoms with van der Waals surface area (Å²) in [7, 11) is -3.74. The number of rotatable bonds is 8. The van der Waals surface area contributed by atoms with Gasteiger partial charge in [0.05, 0.1) is 30.5 Å². The van der Waals surface area contributed by atoms with Crippen LogP contribution in [0.3, 0.4) is 0 Å². The number of nitrogens with zero attached hydrogens (tertiary/aromatic N) is 1. The zero-order valence-corrected chi connectivity index (χ0v) is 17.4. The normalized spacial score (nSPS) is 11.5. The maximum Gasteiger partial charge on any atom is 0.329 e. The SMILES string of the molecule is O=C(NCc1ccco1)C(=O)N/N=C/c1ccc(CNS(=O)(=O)c2ccc(Cl)cc2)o1. The van der Waals surface area contributed by atoms with Crippen LogP contribution in [0.1, 0.15) is 17.3 Å². The minimum absolute atomic E-state index is 0.0659. The fraction of sp³-hybridized carbons (Fsp3) is 0.105. The van der Waals surface area contributed by atoms with E-state index in [0.717, 1.165) is 0 Å². The lowest BCUT2D eigenvalue weighted by Gasteiger charge is -2.05. The van der Waals surface area contributed by atoms with E-state index in [0.29, 0.717) is 16.5 Å². The van der Waals surface area contributed by atoms with Crippen LogP contribution in [0, 0.1) is 0 Å². The molecule has 3 aromatic rings. The first kappa shape index (κ1) is 22.3. The van der Waals surface area contributed by atoms with E-state index in [2.05, 4.69) is 20.6 Å². The number of carbonyl (C=O) groups is 2. The van der Waals surface area contributed by atoms with Crippen molar-refractivity contribution in [3.05, 3.63) is 77.1 Å². The van der Waals surface area contributed by atoms with Gasteiger partial charge in [-0.15, -0.1) is 0 Å². The molecule has 0 saturated carbocycles. The molecule has 0 aliphatic heterocycles. The molecule has 2 amide bonds.